The number of nitrogens with two attached hydrogens (primary N) is 1. The van der Waals surface area contributed by atoms with E-state index in [-0.39, 0.29) is 0 Å². The fourth-order valence-electron chi connectivity index (χ4n) is 2.30. The van der Waals surface area contributed by atoms with Crippen LogP contribution >= 0.6 is 15.9 Å². The number of anilines is 2. The first-order valence-corrected chi connectivity index (χ1v) is 7.04. The van der Waals surface area contributed by atoms with Crippen molar-refractivity contribution in [3.63, 3.8) is 0 Å². The molecule has 0 radical (unpaired) electrons. The van der Waals surface area contributed by atoms with Gasteiger partial charge in [-0.3, -0.25) is 4.98 Å². The summed E-state index contributed by atoms with van der Waals surface area (Å²) in [6.07, 6.45) is 6.78. The molecule has 0 saturated carbocycles. The molecule has 3 heterocycles. The Kier molecular flexibility index (Phi) is 3.33. The SMILES string of the molecule is Nc1nc2c(c(-c3cncc(Br)c3)n1)CCCCN2. The maximum absolute atomic E-state index is 5.81. The zero-order chi connectivity index (χ0) is 13.2. The summed E-state index contributed by atoms with van der Waals surface area (Å²) in [6.45, 7) is 0.930. The van der Waals surface area contributed by atoms with Gasteiger partial charge in [-0.1, -0.05) is 0 Å². The first-order chi connectivity index (χ1) is 9.24. The van der Waals surface area contributed by atoms with Gasteiger partial charge in [0.1, 0.15) is 5.82 Å². The third kappa shape index (κ3) is 2.53. The second-order valence-corrected chi connectivity index (χ2v) is 5.45. The average molecular weight is 320 g/mol. The Morgan fingerprint density at radius 3 is 2.95 bits per heavy atom. The van der Waals surface area contributed by atoms with Gasteiger partial charge >= 0.3 is 0 Å². The Hall–Kier alpha value is -1.69. The van der Waals surface area contributed by atoms with Crippen molar-refractivity contribution in [2.45, 2.75) is 19.3 Å². The predicted octanol–water partition coefficient (Wildman–Crippen LogP) is 2.63. The van der Waals surface area contributed by atoms with Gasteiger partial charge < -0.3 is 11.1 Å². The molecule has 3 N–H and O–H groups in total. The molecule has 0 atom stereocenters. The summed E-state index contributed by atoms with van der Waals surface area (Å²) >= 11 is 3.44. The number of fused-ring (bicyclic) bond motifs is 1. The van der Waals surface area contributed by atoms with Gasteiger partial charge in [-0.15, -0.1) is 0 Å². The molecular weight excluding hydrogens is 306 g/mol. The van der Waals surface area contributed by atoms with E-state index in [4.69, 9.17) is 5.73 Å². The van der Waals surface area contributed by atoms with Crippen LogP contribution in [-0.2, 0) is 6.42 Å². The Bertz CT molecular complexity index is 614. The first kappa shape index (κ1) is 12.3. The summed E-state index contributed by atoms with van der Waals surface area (Å²) in [4.78, 5) is 12.9. The van der Waals surface area contributed by atoms with Crippen LogP contribution in [0.2, 0.25) is 0 Å². The van der Waals surface area contributed by atoms with Crippen LogP contribution < -0.4 is 11.1 Å². The molecule has 0 bridgehead atoms. The third-order valence-electron chi connectivity index (χ3n) is 3.15. The number of nitrogen functional groups attached to an aromatic ring is 1. The maximum atomic E-state index is 5.81. The van der Waals surface area contributed by atoms with Gasteiger partial charge in [0.2, 0.25) is 5.95 Å². The molecule has 5 nitrogen and oxygen atoms in total. The first-order valence-electron chi connectivity index (χ1n) is 6.25. The highest BCUT2D eigenvalue weighted by Crippen LogP contribution is 2.30. The van der Waals surface area contributed by atoms with Crippen molar-refractivity contribution in [2.24, 2.45) is 0 Å². The van der Waals surface area contributed by atoms with Crippen LogP contribution in [-0.4, -0.2) is 21.5 Å². The minimum absolute atomic E-state index is 0.295. The Labute approximate surface area is 119 Å². The fourth-order valence-corrected chi connectivity index (χ4v) is 2.66. The quantitative estimate of drug-likeness (QED) is 0.845. The van der Waals surface area contributed by atoms with Gasteiger partial charge in [-0.25, -0.2) is 4.98 Å². The van der Waals surface area contributed by atoms with Crippen LogP contribution in [0, 0.1) is 0 Å². The molecule has 19 heavy (non-hydrogen) atoms. The molecule has 0 unspecified atom stereocenters. The van der Waals surface area contributed by atoms with Gasteiger partial charge in [0.25, 0.3) is 0 Å². The summed E-state index contributed by atoms with van der Waals surface area (Å²) in [5, 5.41) is 3.33. The summed E-state index contributed by atoms with van der Waals surface area (Å²) in [5.74, 6) is 1.16. The van der Waals surface area contributed by atoms with Crippen LogP contribution in [0.1, 0.15) is 18.4 Å². The van der Waals surface area contributed by atoms with Crippen LogP contribution in [0.4, 0.5) is 11.8 Å². The molecule has 0 saturated heterocycles. The van der Waals surface area contributed by atoms with Gasteiger partial charge in [-0.05, 0) is 41.3 Å². The van der Waals surface area contributed by atoms with Crippen LogP contribution in [0.25, 0.3) is 11.3 Å². The summed E-state index contributed by atoms with van der Waals surface area (Å²) in [6, 6.07) is 2.00. The average Bonchev–Trinajstić information content (AvgIpc) is 2.63. The molecule has 0 aromatic carbocycles. The van der Waals surface area contributed by atoms with Crippen molar-refractivity contribution in [2.75, 3.05) is 17.6 Å². The molecular formula is C13H14BrN5. The van der Waals surface area contributed by atoms with Crippen molar-refractivity contribution >= 4 is 27.7 Å². The minimum Gasteiger partial charge on any atom is -0.370 e. The highest BCUT2D eigenvalue weighted by Gasteiger charge is 2.17. The highest BCUT2D eigenvalue weighted by molar-refractivity contribution is 9.10. The van der Waals surface area contributed by atoms with Gasteiger partial charge in [0.15, 0.2) is 0 Å². The molecule has 98 valence electrons. The third-order valence-corrected chi connectivity index (χ3v) is 3.58. The zero-order valence-corrected chi connectivity index (χ0v) is 11.9. The van der Waals surface area contributed by atoms with Crippen molar-refractivity contribution in [3.05, 3.63) is 28.5 Å². The topological polar surface area (TPSA) is 76.7 Å². The second-order valence-electron chi connectivity index (χ2n) is 4.53. The van der Waals surface area contributed by atoms with Gasteiger partial charge in [0.05, 0.1) is 5.69 Å². The number of halogens is 1. The molecule has 1 aliphatic heterocycles. The molecule has 6 heteroatoms. The van der Waals surface area contributed by atoms with E-state index < -0.39 is 0 Å². The number of nitrogens with one attached hydrogen (secondary N) is 1. The Morgan fingerprint density at radius 1 is 1.21 bits per heavy atom. The minimum atomic E-state index is 0.295. The van der Waals surface area contributed by atoms with E-state index in [2.05, 4.69) is 36.2 Å². The molecule has 0 aliphatic carbocycles. The van der Waals surface area contributed by atoms with Crippen molar-refractivity contribution in [3.8, 4) is 11.3 Å². The fraction of sp³-hybridized carbons (Fsp3) is 0.308. The number of hydrogen-bond donors (Lipinski definition) is 2. The van der Waals surface area contributed by atoms with Gasteiger partial charge in [-0.2, -0.15) is 4.98 Å². The summed E-state index contributed by atoms with van der Waals surface area (Å²) in [5.41, 5.74) is 8.79. The standard InChI is InChI=1S/C13H14BrN5/c14-9-5-8(6-16-7-9)11-10-3-1-2-4-17-12(10)19-13(15)18-11/h5-7H,1-4H2,(H3,15,17,18,19). The number of pyridine rings is 1. The molecule has 3 rings (SSSR count). The lowest BCUT2D eigenvalue weighted by molar-refractivity contribution is 0.785. The largest absolute Gasteiger partial charge is 0.370 e. The smallest absolute Gasteiger partial charge is 0.222 e. The summed E-state index contributed by atoms with van der Waals surface area (Å²) in [7, 11) is 0. The predicted molar refractivity (Wildman–Crippen MR) is 78.8 cm³/mol. The van der Waals surface area contributed by atoms with Crippen LogP contribution in [0.3, 0.4) is 0 Å². The molecule has 0 amide bonds. The Balaban J connectivity index is 2.17. The lowest BCUT2D eigenvalue weighted by Gasteiger charge is -2.12. The van der Waals surface area contributed by atoms with E-state index in [9.17, 15) is 0 Å². The van der Waals surface area contributed by atoms with Gasteiger partial charge in [0, 0.05) is 34.5 Å². The van der Waals surface area contributed by atoms with Crippen LogP contribution in [0.5, 0.6) is 0 Å². The van der Waals surface area contributed by atoms with E-state index in [1.807, 2.05) is 6.07 Å². The number of nitrogens with zero attached hydrogens (tertiary/aromatic N) is 3. The molecule has 2 aromatic rings. The molecule has 0 fully saturated rings. The van der Waals surface area contributed by atoms with E-state index in [1.54, 1.807) is 12.4 Å². The Morgan fingerprint density at radius 2 is 2.11 bits per heavy atom. The number of aromatic nitrogens is 3. The maximum Gasteiger partial charge on any atom is 0.222 e. The monoisotopic (exact) mass is 319 g/mol. The lowest BCUT2D eigenvalue weighted by atomic mass is 10.0. The van der Waals surface area contributed by atoms with Crippen molar-refractivity contribution in [1.82, 2.24) is 15.0 Å². The van der Waals surface area contributed by atoms with E-state index in [0.29, 0.717) is 5.95 Å². The van der Waals surface area contributed by atoms with E-state index in [0.717, 1.165) is 52.9 Å². The number of rotatable bonds is 1. The normalized spacial score (nSPS) is 14.4. The van der Waals surface area contributed by atoms with E-state index in [1.165, 1.54) is 0 Å². The highest BCUT2D eigenvalue weighted by atomic mass is 79.9. The van der Waals surface area contributed by atoms with Crippen LogP contribution in [0.15, 0.2) is 22.9 Å². The number of hydrogen-bond acceptors (Lipinski definition) is 5. The second kappa shape index (κ2) is 5.13. The van der Waals surface area contributed by atoms with E-state index >= 15 is 0 Å². The van der Waals surface area contributed by atoms with Crippen molar-refractivity contribution in [1.29, 1.82) is 0 Å². The molecule has 2 aromatic heterocycles. The van der Waals surface area contributed by atoms with Crippen molar-refractivity contribution < 1.29 is 0 Å². The summed E-state index contributed by atoms with van der Waals surface area (Å²) < 4.78 is 0.928. The zero-order valence-electron chi connectivity index (χ0n) is 10.4. The molecule has 1 aliphatic rings. The lowest BCUT2D eigenvalue weighted by Crippen LogP contribution is -2.07. The molecule has 0 spiro atoms.